The molecule has 106 valence electrons. The van der Waals surface area contributed by atoms with E-state index in [4.69, 9.17) is 9.47 Å². The van der Waals surface area contributed by atoms with Crippen molar-refractivity contribution in [1.82, 2.24) is 14.5 Å². The highest BCUT2D eigenvalue weighted by molar-refractivity contribution is 5.83. The van der Waals surface area contributed by atoms with E-state index in [0.29, 0.717) is 30.5 Å². The maximum atomic E-state index is 11.7. The van der Waals surface area contributed by atoms with Crippen molar-refractivity contribution in [2.75, 3.05) is 13.2 Å². The van der Waals surface area contributed by atoms with Gasteiger partial charge in [-0.2, -0.15) is 0 Å². The van der Waals surface area contributed by atoms with Crippen LogP contribution in [0, 0.1) is 0 Å². The first-order chi connectivity index (χ1) is 10.2. The molecule has 0 spiro atoms. The van der Waals surface area contributed by atoms with Crippen LogP contribution in [0.2, 0.25) is 0 Å². The lowest BCUT2D eigenvalue weighted by atomic mass is 10.2. The minimum atomic E-state index is -0.0704. The maximum absolute atomic E-state index is 11.7. The van der Waals surface area contributed by atoms with Crippen LogP contribution in [-0.4, -0.2) is 27.7 Å². The molecule has 0 saturated carbocycles. The monoisotopic (exact) mass is 283 g/mol. The quantitative estimate of drug-likeness (QED) is 0.738. The minimum Gasteiger partial charge on any atom is -0.486 e. The number of aryl methyl sites for hydroxylation is 1. The Morgan fingerprint density at radius 2 is 1.95 bits per heavy atom. The molecule has 0 bridgehead atoms. The van der Waals surface area contributed by atoms with Gasteiger partial charge in [0.05, 0.1) is 11.0 Å². The van der Waals surface area contributed by atoms with Gasteiger partial charge < -0.3 is 19.0 Å². The number of hydrogen-bond acceptors (Lipinski definition) is 4. The van der Waals surface area contributed by atoms with Crippen LogP contribution in [0.4, 0.5) is 0 Å². The van der Waals surface area contributed by atoms with E-state index in [1.54, 1.807) is 19.3 Å². The largest absolute Gasteiger partial charge is 0.486 e. The standard InChI is InChI=1S/C15H13N3O3/c1-18-3-2-9(6-14(18)19)15-16-10-7-12-13(8-11(10)17-15)21-5-4-20-12/h2-3,6-8H,4-5H2,1H3,(H,16,17). The highest BCUT2D eigenvalue weighted by Crippen LogP contribution is 2.34. The molecular weight excluding hydrogens is 270 g/mol. The third kappa shape index (κ3) is 1.96. The van der Waals surface area contributed by atoms with Crippen molar-refractivity contribution in [2.24, 2.45) is 7.05 Å². The summed E-state index contributed by atoms with van der Waals surface area (Å²) in [7, 11) is 1.72. The Kier molecular flexibility index (Phi) is 2.50. The number of nitrogens with zero attached hydrogens (tertiary/aromatic N) is 2. The number of pyridine rings is 1. The summed E-state index contributed by atoms with van der Waals surface area (Å²) in [6.07, 6.45) is 1.72. The Morgan fingerprint density at radius 3 is 2.71 bits per heavy atom. The van der Waals surface area contributed by atoms with Crippen LogP contribution in [0.25, 0.3) is 22.4 Å². The number of H-pyrrole nitrogens is 1. The van der Waals surface area contributed by atoms with Crippen molar-refractivity contribution in [3.63, 3.8) is 0 Å². The minimum absolute atomic E-state index is 0.0704. The molecule has 1 aliphatic rings. The number of nitrogens with one attached hydrogen (secondary N) is 1. The van der Waals surface area contributed by atoms with Gasteiger partial charge in [-0.1, -0.05) is 0 Å². The molecule has 0 amide bonds. The molecule has 3 aromatic rings. The Hall–Kier alpha value is -2.76. The third-order valence-electron chi connectivity index (χ3n) is 3.52. The molecular formula is C15H13N3O3. The van der Waals surface area contributed by atoms with E-state index in [-0.39, 0.29) is 5.56 Å². The van der Waals surface area contributed by atoms with Crippen molar-refractivity contribution in [2.45, 2.75) is 0 Å². The second kappa shape index (κ2) is 4.37. The van der Waals surface area contributed by atoms with E-state index < -0.39 is 0 Å². The van der Waals surface area contributed by atoms with Gasteiger partial charge >= 0.3 is 0 Å². The lowest BCUT2D eigenvalue weighted by molar-refractivity contribution is 0.172. The molecule has 21 heavy (non-hydrogen) atoms. The van der Waals surface area contributed by atoms with Crippen molar-refractivity contribution >= 4 is 11.0 Å². The SMILES string of the molecule is Cn1ccc(-c2nc3cc4c(cc3[nH]2)OCCO4)cc1=O. The van der Waals surface area contributed by atoms with Crippen LogP contribution in [-0.2, 0) is 7.05 Å². The molecule has 1 N–H and O–H groups in total. The summed E-state index contributed by atoms with van der Waals surface area (Å²) in [6, 6.07) is 7.14. The molecule has 6 heteroatoms. The number of hydrogen-bond donors (Lipinski definition) is 1. The molecule has 0 fully saturated rings. The number of imidazole rings is 1. The number of fused-ring (bicyclic) bond motifs is 2. The molecule has 0 atom stereocenters. The molecule has 0 aliphatic carbocycles. The maximum Gasteiger partial charge on any atom is 0.250 e. The van der Waals surface area contributed by atoms with Gasteiger partial charge in [0, 0.05) is 37.0 Å². The van der Waals surface area contributed by atoms with Gasteiger partial charge in [0.25, 0.3) is 5.56 Å². The second-order valence-electron chi connectivity index (χ2n) is 4.96. The Balaban J connectivity index is 1.86. The highest BCUT2D eigenvalue weighted by atomic mass is 16.6. The summed E-state index contributed by atoms with van der Waals surface area (Å²) >= 11 is 0. The molecule has 3 heterocycles. The number of ether oxygens (including phenoxy) is 2. The highest BCUT2D eigenvalue weighted by Gasteiger charge is 2.15. The van der Waals surface area contributed by atoms with Crippen LogP contribution in [0.1, 0.15) is 0 Å². The molecule has 4 rings (SSSR count). The lowest BCUT2D eigenvalue weighted by Crippen LogP contribution is -2.15. The zero-order valence-corrected chi connectivity index (χ0v) is 11.4. The van der Waals surface area contributed by atoms with E-state index in [1.807, 2.05) is 18.2 Å². The lowest BCUT2D eigenvalue weighted by Gasteiger charge is -2.17. The second-order valence-corrected chi connectivity index (χ2v) is 4.96. The van der Waals surface area contributed by atoms with Crippen molar-refractivity contribution in [1.29, 1.82) is 0 Å². The summed E-state index contributed by atoms with van der Waals surface area (Å²) in [5, 5.41) is 0. The van der Waals surface area contributed by atoms with Crippen molar-refractivity contribution < 1.29 is 9.47 Å². The van der Waals surface area contributed by atoms with Crippen LogP contribution >= 0.6 is 0 Å². The third-order valence-corrected chi connectivity index (χ3v) is 3.52. The fraction of sp³-hybridized carbons (Fsp3) is 0.200. The van der Waals surface area contributed by atoms with Gasteiger partial charge in [-0.3, -0.25) is 4.79 Å². The van der Waals surface area contributed by atoms with Crippen molar-refractivity contribution in [3.05, 3.63) is 40.8 Å². The van der Waals surface area contributed by atoms with Crippen LogP contribution in [0.5, 0.6) is 11.5 Å². The topological polar surface area (TPSA) is 69.1 Å². The fourth-order valence-electron chi connectivity index (χ4n) is 2.38. The number of benzene rings is 1. The molecule has 0 unspecified atom stereocenters. The first-order valence-electron chi connectivity index (χ1n) is 6.67. The summed E-state index contributed by atoms with van der Waals surface area (Å²) in [5.41, 5.74) is 2.33. The molecule has 0 saturated heterocycles. The van der Waals surface area contributed by atoms with Crippen LogP contribution in [0.3, 0.4) is 0 Å². The van der Waals surface area contributed by atoms with Gasteiger partial charge in [0.2, 0.25) is 0 Å². The van der Waals surface area contributed by atoms with E-state index in [9.17, 15) is 4.79 Å². The van der Waals surface area contributed by atoms with Gasteiger partial charge in [0.1, 0.15) is 19.0 Å². The van der Waals surface area contributed by atoms with E-state index in [1.165, 1.54) is 4.57 Å². The van der Waals surface area contributed by atoms with E-state index >= 15 is 0 Å². The summed E-state index contributed by atoms with van der Waals surface area (Å²) in [6.45, 7) is 1.10. The van der Waals surface area contributed by atoms with Crippen LogP contribution in [0.15, 0.2) is 35.3 Å². The first-order valence-corrected chi connectivity index (χ1v) is 6.67. The normalized spacial score (nSPS) is 13.6. The van der Waals surface area contributed by atoms with Crippen molar-refractivity contribution in [3.8, 4) is 22.9 Å². The summed E-state index contributed by atoms with van der Waals surface area (Å²) < 4.78 is 12.6. The van der Waals surface area contributed by atoms with Gasteiger partial charge in [-0.05, 0) is 6.07 Å². The number of rotatable bonds is 1. The predicted molar refractivity (Wildman–Crippen MR) is 77.8 cm³/mol. The van der Waals surface area contributed by atoms with E-state index in [0.717, 1.165) is 16.6 Å². The Bertz CT molecular complexity index is 852. The Labute approximate surface area is 120 Å². The first kappa shape index (κ1) is 12.0. The smallest absolute Gasteiger partial charge is 0.250 e. The zero-order chi connectivity index (χ0) is 14.4. The molecule has 2 aromatic heterocycles. The summed E-state index contributed by atoms with van der Waals surface area (Å²) in [4.78, 5) is 19.5. The average molecular weight is 283 g/mol. The summed E-state index contributed by atoms with van der Waals surface area (Å²) in [5.74, 6) is 2.08. The van der Waals surface area contributed by atoms with Crippen LogP contribution < -0.4 is 15.0 Å². The van der Waals surface area contributed by atoms with Gasteiger partial charge in [-0.25, -0.2) is 4.98 Å². The number of aromatic nitrogens is 3. The molecule has 1 aromatic carbocycles. The fourth-order valence-corrected chi connectivity index (χ4v) is 2.38. The predicted octanol–water partition coefficient (Wildman–Crippen LogP) is 1.70. The zero-order valence-electron chi connectivity index (χ0n) is 11.4. The van der Waals surface area contributed by atoms with E-state index in [2.05, 4.69) is 9.97 Å². The molecule has 6 nitrogen and oxygen atoms in total. The average Bonchev–Trinajstić information content (AvgIpc) is 2.90. The van der Waals surface area contributed by atoms with Gasteiger partial charge in [-0.15, -0.1) is 0 Å². The number of aromatic amines is 1. The molecule has 1 aliphatic heterocycles. The Morgan fingerprint density at radius 1 is 1.19 bits per heavy atom. The van der Waals surface area contributed by atoms with Gasteiger partial charge in [0.15, 0.2) is 11.5 Å². The molecule has 0 radical (unpaired) electrons.